The van der Waals surface area contributed by atoms with Gasteiger partial charge in [0.2, 0.25) is 5.89 Å². The van der Waals surface area contributed by atoms with E-state index < -0.39 is 23.4 Å². The van der Waals surface area contributed by atoms with E-state index in [0.717, 1.165) is 5.56 Å². The van der Waals surface area contributed by atoms with Gasteiger partial charge in [-0.05, 0) is 18.9 Å². The number of hydrogen-bond donors (Lipinski definition) is 1. The van der Waals surface area contributed by atoms with E-state index in [1.54, 1.807) is 6.92 Å². The summed E-state index contributed by atoms with van der Waals surface area (Å²) in [6.45, 7) is 2.06. The third-order valence-corrected chi connectivity index (χ3v) is 3.96. The molecule has 1 aromatic carbocycles. The van der Waals surface area contributed by atoms with E-state index >= 15 is 0 Å². The number of ether oxygens (including phenoxy) is 2. The van der Waals surface area contributed by atoms with Gasteiger partial charge in [-0.25, -0.2) is 9.78 Å². The fourth-order valence-corrected chi connectivity index (χ4v) is 2.49. The quantitative estimate of drug-likeness (QED) is 0.801. The smallest absolute Gasteiger partial charge is 0.360 e. The van der Waals surface area contributed by atoms with Crippen LogP contribution in [0.3, 0.4) is 0 Å². The predicted octanol–water partition coefficient (Wildman–Crippen LogP) is 1.56. The highest BCUT2D eigenvalue weighted by molar-refractivity contribution is 5.89. The van der Waals surface area contributed by atoms with Crippen molar-refractivity contribution >= 4 is 11.9 Å². The van der Waals surface area contributed by atoms with Gasteiger partial charge in [-0.1, -0.05) is 30.3 Å². The van der Waals surface area contributed by atoms with Crippen LogP contribution in [-0.4, -0.2) is 29.6 Å². The van der Waals surface area contributed by atoms with E-state index in [9.17, 15) is 9.59 Å². The number of carbonyl (C=O) groups excluding carboxylic acids is 2. The molecule has 0 saturated heterocycles. The summed E-state index contributed by atoms with van der Waals surface area (Å²) in [5.41, 5.74) is 5.69. The Morgan fingerprint density at radius 2 is 2.04 bits per heavy atom. The van der Waals surface area contributed by atoms with Crippen LogP contribution in [0.5, 0.6) is 0 Å². The number of hydrogen-bond acceptors (Lipinski definition) is 7. The molecule has 2 unspecified atom stereocenters. The maximum Gasteiger partial charge on any atom is 0.360 e. The molecule has 1 fully saturated rings. The Hall–Kier alpha value is -2.67. The highest BCUT2D eigenvalue weighted by Crippen LogP contribution is 2.47. The Balaban J connectivity index is 1.72. The second kappa shape index (κ2) is 6.45. The molecular weight excluding hydrogens is 312 g/mol. The molecule has 2 aromatic rings. The summed E-state index contributed by atoms with van der Waals surface area (Å²) >= 11 is 0. The van der Waals surface area contributed by atoms with Crippen LogP contribution in [0, 0.1) is 0 Å². The van der Waals surface area contributed by atoms with Crippen molar-refractivity contribution in [1.82, 2.24) is 4.98 Å². The van der Waals surface area contributed by atoms with Gasteiger partial charge in [0.15, 0.2) is 11.1 Å². The predicted molar refractivity (Wildman–Crippen MR) is 83.0 cm³/mol. The normalized spacial score (nSPS) is 22.0. The van der Waals surface area contributed by atoms with Gasteiger partial charge in [0.25, 0.3) is 0 Å². The van der Waals surface area contributed by atoms with Crippen molar-refractivity contribution in [1.29, 1.82) is 0 Å². The molecule has 0 aliphatic heterocycles. The molecule has 1 aromatic heterocycles. The lowest BCUT2D eigenvalue weighted by atomic mass is 10.1. The molecular formula is C17H18N2O5. The Kier molecular flexibility index (Phi) is 4.35. The summed E-state index contributed by atoms with van der Waals surface area (Å²) in [5.74, 6) is -1.01. The Bertz CT molecular complexity index is 742. The minimum atomic E-state index is -1.13. The van der Waals surface area contributed by atoms with Crippen LogP contribution in [0.2, 0.25) is 0 Å². The molecule has 1 heterocycles. The van der Waals surface area contributed by atoms with Gasteiger partial charge in [-0.2, -0.15) is 0 Å². The Morgan fingerprint density at radius 3 is 2.67 bits per heavy atom. The molecule has 0 bridgehead atoms. The molecule has 3 rings (SSSR count). The lowest BCUT2D eigenvalue weighted by Gasteiger charge is -2.12. The Morgan fingerprint density at radius 1 is 1.33 bits per heavy atom. The van der Waals surface area contributed by atoms with Crippen molar-refractivity contribution in [3.8, 4) is 0 Å². The summed E-state index contributed by atoms with van der Waals surface area (Å²) in [5, 5.41) is 0. The van der Waals surface area contributed by atoms with Crippen molar-refractivity contribution < 1.29 is 23.5 Å². The van der Waals surface area contributed by atoms with Crippen molar-refractivity contribution in [3.05, 3.63) is 53.7 Å². The van der Waals surface area contributed by atoms with E-state index in [0.29, 0.717) is 6.42 Å². The molecule has 7 nitrogen and oxygen atoms in total. The fourth-order valence-electron chi connectivity index (χ4n) is 2.49. The number of nitrogens with two attached hydrogens (primary N) is 1. The lowest BCUT2D eigenvalue weighted by Crippen LogP contribution is -2.30. The second-order valence-corrected chi connectivity index (χ2v) is 5.60. The molecule has 0 spiro atoms. The zero-order valence-corrected chi connectivity index (χ0v) is 13.2. The zero-order chi connectivity index (χ0) is 17.2. The lowest BCUT2D eigenvalue weighted by molar-refractivity contribution is -0.148. The first kappa shape index (κ1) is 16.2. The van der Waals surface area contributed by atoms with Crippen LogP contribution in [0.4, 0.5) is 0 Å². The van der Waals surface area contributed by atoms with E-state index in [4.69, 9.17) is 19.6 Å². The number of carbonyl (C=O) groups is 2. The number of benzene rings is 1. The van der Waals surface area contributed by atoms with Gasteiger partial charge < -0.3 is 19.6 Å². The monoisotopic (exact) mass is 330 g/mol. The van der Waals surface area contributed by atoms with Crippen molar-refractivity contribution in [3.63, 3.8) is 0 Å². The summed E-state index contributed by atoms with van der Waals surface area (Å²) in [4.78, 5) is 28.2. The van der Waals surface area contributed by atoms with Crippen LogP contribution in [-0.2, 0) is 26.3 Å². The molecule has 7 heteroatoms. The molecule has 126 valence electrons. The fraction of sp³-hybridized carbons (Fsp3) is 0.353. The average molecular weight is 330 g/mol. The first-order chi connectivity index (χ1) is 11.6. The van der Waals surface area contributed by atoms with E-state index in [-0.39, 0.29) is 24.8 Å². The number of nitrogens with zero attached hydrogens (tertiary/aromatic N) is 1. The topological polar surface area (TPSA) is 105 Å². The summed E-state index contributed by atoms with van der Waals surface area (Å²) in [6.07, 6.45) is 1.54. The van der Waals surface area contributed by atoms with Gasteiger partial charge in [-0.15, -0.1) is 0 Å². The molecule has 24 heavy (non-hydrogen) atoms. The van der Waals surface area contributed by atoms with Crippen LogP contribution in [0.25, 0.3) is 0 Å². The molecule has 1 aliphatic carbocycles. The molecule has 0 amide bonds. The molecule has 2 N–H and O–H groups in total. The average Bonchev–Trinajstić information content (AvgIpc) is 3.05. The first-order valence-corrected chi connectivity index (χ1v) is 7.67. The molecule has 2 atom stereocenters. The molecule has 1 saturated carbocycles. The van der Waals surface area contributed by atoms with Crippen molar-refractivity contribution in [2.75, 3.05) is 6.61 Å². The number of oxazole rings is 1. The first-order valence-electron chi connectivity index (χ1n) is 7.67. The van der Waals surface area contributed by atoms with Gasteiger partial charge in [0.05, 0.1) is 6.61 Å². The standard InChI is InChI=1S/C17H18N2O5/c1-2-22-14(20)12-10-23-15(19-12)17(8-13(17)18)16(21)24-9-11-6-4-3-5-7-11/h3-7,10,13H,2,8-9,18H2,1H3. The number of rotatable bonds is 6. The molecule has 0 radical (unpaired) electrons. The van der Waals surface area contributed by atoms with Gasteiger partial charge in [0.1, 0.15) is 12.9 Å². The second-order valence-electron chi connectivity index (χ2n) is 5.60. The van der Waals surface area contributed by atoms with E-state index in [1.165, 1.54) is 6.26 Å². The van der Waals surface area contributed by atoms with Crippen LogP contribution >= 0.6 is 0 Å². The van der Waals surface area contributed by atoms with E-state index in [2.05, 4.69) is 4.98 Å². The molecule has 1 aliphatic rings. The van der Waals surface area contributed by atoms with Crippen molar-refractivity contribution in [2.24, 2.45) is 5.73 Å². The minimum Gasteiger partial charge on any atom is -0.461 e. The van der Waals surface area contributed by atoms with E-state index in [1.807, 2.05) is 30.3 Å². The maximum absolute atomic E-state index is 12.5. The third kappa shape index (κ3) is 2.90. The van der Waals surface area contributed by atoms with Gasteiger partial charge in [0, 0.05) is 6.04 Å². The largest absolute Gasteiger partial charge is 0.461 e. The minimum absolute atomic E-state index is 0.0150. The summed E-state index contributed by atoms with van der Waals surface area (Å²) < 4.78 is 15.5. The van der Waals surface area contributed by atoms with Crippen molar-refractivity contribution in [2.45, 2.75) is 31.4 Å². The van der Waals surface area contributed by atoms with Crippen LogP contribution < -0.4 is 5.73 Å². The zero-order valence-electron chi connectivity index (χ0n) is 13.2. The van der Waals surface area contributed by atoms with Crippen LogP contribution in [0.1, 0.15) is 35.3 Å². The van der Waals surface area contributed by atoms with Gasteiger partial charge >= 0.3 is 11.9 Å². The SMILES string of the molecule is CCOC(=O)c1coc(C2(C(=O)OCc3ccccc3)CC2N)n1. The highest BCUT2D eigenvalue weighted by Gasteiger charge is 2.64. The number of esters is 2. The van der Waals surface area contributed by atoms with Crippen LogP contribution in [0.15, 0.2) is 41.0 Å². The third-order valence-electron chi connectivity index (χ3n) is 3.96. The summed E-state index contributed by atoms with van der Waals surface area (Å²) in [7, 11) is 0. The maximum atomic E-state index is 12.5. The Labute approximate surface area is 138 Å². The van der Waals surface area contributed by atoms with Gasteiger partial charge in [-0.3, -0.25) is 4.79 Å². The number of aromatic nitrogens is 1. The highest BCUT2D eigenvalue weighted by atomic mass is 16.5. The summed E-state index contributed by atoms with van der Waals surface area (Å²) in [6, 6.07) is 8.87.